The smallest absolute Gasteiger partial charge is 0.305 e. The summed E-state index contributed by atoms with van der Waals surface area (Å²) in [7, 11) is 0. The number of hydrogen-bond donors (Lipinski definition) is 2. The first-order valence-corrected chi connectivity index (χ1v) is 7.36. The molecule has 2 N–H and O–H groups in total. The molecular formula is C15H19F2N3O3. The molecular weight excluding hydrogens is 308 g/mol. The molecule has 1 aliphatic rings. The van der Waals surface area contributed by atoms with Crippen molar-refractivity contribution in [3.63, 3.8) is 0 Å². The predicted octanol–water partition coefficient (Wildman–Crippen LogP) is 1.91. The van der Waals surface area contributed by atoms with E-state index in [0.717, 1.165) is 32.9 Å². The molecule has 8 heteroatoms. The first-order chi connectivity index (χ1) is 10.8. The molecule has 1 aliphatic heterocycles. The van der Waals surface area contributed by atoms with E-state index in [1.807, 2.05) is 4.90 Å². The molecule has 0 radical (unpaired) electrons. The van der Waals surface area contributed by atoms with Crippen LogP contribution in [0.5, 0.6) is 0 Å². The minimum absolute atomic E-state index is 0.00772. The number of aliphatic carboxylic acids is 1. The lowest BCUT2D eigenvalue weighted by Crippen LogP contribution is -2.53. The minimum Gasteiger partial charge on any atom is -0.481 e. The van der Waals surface area contributed by atoms with Gasteiger partial charge in [-0.15, -0.1) is 0 Å². The summed E-state index contributed by atoms with van der Waals surface area (Å²) in [5.41, 5.74) is -2.15. The molecule has 1 unspecified atom stereocenters. The zero-order valence-electron chi connectivity index (χ0n) is 12.8. The molecule has 0 saturated carbocycles. The van der Waals surface area contributed by atoms with E-state index in [9.17, 15) is 18.4 Å². The quantitative estimate of drug-likeness (QED) is 0.834. The van der Waals surface area contributed by atoms with E-state index in [-0.39, 0.29) is 5.69 Å². The van der Waals surface area contributed by atoms with Gasteiger partial charge in [-0.05, 0) is 31.9 Å². The number of carboxylic acid groups (broad SMARTS) is 1. The zero-order valence-corrected chi connectivity index (χ0v) is 12.8. The van der Waals surface area contributed by atoms with Crippen LogP contribution in [-0.2, 0) is 4.79 Å². The number of anilines is 1. The molecule has 0 spiro atoms. The number of carboxylic acids is 1. The summed E-state index contributed by atoms with van der Waals surface area (Å²) < 4.78 is 26.3. The van der Waals surface area contributed by atoms with Gasteiger partial charge < -0.3 is 15.3 Å². The molecule has 2 rings (SSSR count). The van der Waals surface area contributed by atoms with Gasteiger partial charge in [0.15, 0.2) is 0 Å². The van der Waals surface area contributed by atoms with Crippen molar-refractivity contribution in [1.82, 2.24) is 10.3 Å². The Morgan fingerprint density at radius 2 is 2.04 bits per heavy atom. The Hall–Kier alpha value is -2.25. The molecule has 1 fully saturated rings. The first-order valence-electron chi connectivity index (χ1n) is 7.36. The number of alkyl halides is 2. The summed E-state index contributed by atoms with van der Waals surface area (Å²) in [5, 5.41) is 10.9. The van der Waals surface area contributed by atoms with E-state index >= 15 is 0 Å². The van der Waals surface area contributed by atoms with Crippen LogP contribution < -0.4 is 10.2 Å². The lowest BCUT2D eigenvalue weighted by molar-refractivity contribution is -0.140. The summed E-state index contributed by atoms with van der Waals surface area (Å²) in [6.07, 6.45) is -1.80. The molecule has 1 amide bonds. The van der Waals surface area contributed by atoms with Gasteiger partial charge in [-0.1, -0.05) is 6.07 Å². The van der Waals surface area contributed by atoms with E-state index in [1.165, 1.54) is 6.07 Å². The van der Waals surface area contributed by atoms with Crippen molar-refractivity contribution in [2.45, 2.75) is 38.2 Å². The number of amides is 1. The molecule has 0 aliphatic carbocycles. The monoisotopic (exact) mass is 327 g/mol. The number of carbonyl (C=O) groups is 2. The largest absolute Gasteiger partial charge is 0.481 e. The molecule has 0 bridgehead atoms. The lowest BCUT2D eigenvalue weighted by Gasteiger charge is -2.28. The second kappa shape index (κ2) is 6.89. The number of hydrogen-bond acceptors (Lipinski definition) is 4. The topological polar surface area (TPSA) is 82.5 Å². The first kappa shape index (κ1) is 17.1. The number of halogens is 2. The molecule has 1 saturated heterocycles. The fraction of sp³-hybridized carbons (Fsp3) is 0.533. The van der Waals surface area contributed by atoms with Crippen LogP contribution in [0.2, 0.25) is 0 Å². The van der Waals surface area contributed by atoms with Crippen LogP contribution in [0.3, 0.4) is 0 Å². The van der Waals surface area contributed by atoms with Gasteiger partial charge in [0, 0.05) is 13.1 Å². The van der Waals surface area contributed by atoms with Crippen LogP contribution in [0.4, 0.5) is 14.6 Å². The third-order valence-electron chi connectivity index (χ3n) is 3.80. The van der Waals surface area contributed by atoms with Crippen LogP contribution in [-0.4, -0.2) is 47.0 Å². The van der Waals surface area contributed by atoms with E-state index in [1.54, 1.807) is 12.1 Å². The molecule has 6 nitrogen and oxygen atoms in total. The summed E-state index contributed by atoms with van der Waals surface area (Å²) in [6, 6.07) is 4.81. The van der Waals surface area contributed by atoms with Gasteiger partial charge in [0.25, 0.3) is 12.3 Å². The molecule has 2 heterocycles. The third-order valence-corrected chi connectivity index (χ3v) is 3.80. The van der Waals surface area contributed by atoms with E-state index in [2.05, 4.69) is 10.3 Å². The average molecular weight is 327 g/mol. The van der Waals surface area contributed by atoms with Crippen LogP contribution in [0.1, 0.15) is 36.7 Å². The standard InChI is InChI=1S/C15H19F2N3O3/c1-15(14(16)17,9-12(21)22)19-13(23)10-5-4-6-11(18-10)20-7-2-3-8-20/h4-6,14H,2-3,7-9H2,1H3,(H,19,23)(H,21,22). The van der Waals surface area contributed by atoms with E-state index in [0.29, 0.717) is 5.82 Å². The van der Waals surface area contributed by atoms with Crippen molar-refractivity contribution >= 4 is 17.7 Å². The molecule has 1 aromatic rings. The summed E-state index contributed by atoms with van der Waals surface area (Å²) in [4.78, 5) is 29.2. The van der Waals surface area contributed by atoms with Crippen molar-refractivity contribution in [3.8, 4) is 0 Å². The molecule has 1 aromatic heterocycles. The Kier molecular flexibility index (Phi) is 5.12. The summed E-state index contributed by atoms with van der Waals surface area (Å²) >= 11 is 0. The fourth-order valence-electron chi connectivity index (χ4n) is 2.49. The Labute approximate surface area is 132 Å². The summed E-state index contributed by atoms with van der Waals surface area (Å²) in [5.74, 6) is -1.60. The van der Waals surface area contributed by atoms with Gasteiger partial charge >= 0.3 is 5.97 Å². The number of carbonyl (C=O) groups excluding carboxylic acids is 1. The fourth-order valence-corrected chi connectivity index (χ4v) is 2.49. The Morgan fingerprint density at radius 1 is 1.39 bits per heavy atom. The van der Waals surface area contributed by atoms with Gasteiger partial charge in [-0.3, -0.25) is 9.59 Å². The van der Waals surface area contributed by atoms with Crippen LogP contribution in [0.15, 0.2) is 18.2 Å². The van der Waals surface area contributed by atoms with Crippen LogP contribution in [0, 0.1) is 0 Å². The van der Waals surface area contributed by atoms with Gasteiger partial charge in [0.2, 0.25) is 0 Å². The highest BCUT2D eigenvalue weighted by Gasteiger charge is 2.39. The molecule has 1 atom stereocenters. The van der Waals surface area contributed by atoms with Gasteiger partial charge in [0.1, 0.15) is 17.1 Å². The lowest BCUT2D eigenvalue weighted by atomic mass is 9.98. The molecule has 0 aromatic carbocycles. The highest BCUT2D eigenvalue weighted by molar-refractivity contribution is 5.93. The zero-order chi connectivity index (χ0) is 17.0. The van der Waals surface area contributed by atoms with Crippen molar-refractivity contribution in [2.75, 3.05) is 18.0 Å². The number of pyridine rings is 1. The number of nitrogens with one attached hydrogen (secondary N) is 1. The molecule has 126 valence electrons. The maximum absolute atomic E-state index is 13.1. The number of rotatable bonds is 6. The third kappa shape index (κ3) is 4.14. The maximum atomic E-state index is 13.1. The second-order valence-electron chi connectivity index (χ2n) is 5.82. The normalized spacial score (nSPS) is 17.1. The Morgan fingerprint density at radius 3 is 2.61 bits per heavy atom. The van der Waals surface area contributed by atoms with Gasteiger partial charge in [-0.25, -0.2) is 13.8 Å². The maximum Gasteiger partial charge on any atom is 0.305 e. The number of aromatic nitrogens is 1. The Balaban J connectivity index is 2.15. The van der Waals surface area contributed by atoms with Crippen LogP contribution >= 0.6 is 0 Å². The minimum atomic E-state index is -3.01. The van der Waals surface area contributed by atoms with Gasteiger partial charge in [-0.2, -0.15) is 0 Å². The van der Waals surface area contributed by atoms with Crippen LogP contribution in [0.25, 0.3) is 0 Å². The molecule has 23 heavy (non-hydrogen) atoms. The SMILES string of the molecule is CC(CC(=O)O)(NC(=O)c1cccc(N2CCCC2)n1)C(F)F. The Bertz CT molecular complexity index is 591. The highest BCUT2D eigenvalue weighted by Crippen LogP contribution is 2.21. The second-order valence-corrected chi connectivity index (χ2v) is 5.82. The van der Waals surface area contributed by atoms with Crippen molar-refractivity contribution in [1.29, 1.82) is 0 Å². The number of nitrogens with zero attached hydrogens (tertiary/aromatic N) is 2. The van der Waals surface area contributed by atoms with Crippen molar-refractivity contribution < 1.29 is 23.5 Å². The average Bonchev–Trinajstić information content (AvgIpc) is 3.00. The van der Waals surface area contributed by atoms with Crippen molar-refractivity contribution in [2.24, 2.45) is 0 Å². The van der Waals surface area contributed by atoms with Gasteiger partial charge in [0.05, 0.1) is 6.42 Å². The summed E-state index contributed by atoms with van der Waals surface area (Å²) in [6.45, 7) is 2.69. The van der Waals surface area contributed by atoms with Crippen molar-refractivity contribution in [3.05, 3.63) is 23.9 Å². The van der Waals surface area contributed by atoms with E-state index < -0.39 is 30.3 Å². The predicted molar refractivity (Wildman–Crippen MR) is 79.8 cm³/mol. The highest BCUT2D eigenvalue weighted by atomic mass is 19.3. The van der Waals surface area contributed by atoms with E-state index in [4.69, 9.17) is 5.11 Å².